The number of aromatic nitrogens is 2. The van der Waals surface area contributed by atoms with Crippen LogP contribution in [-0.4, -0.2) is 34.1 Å². The summed E-state index contributed by atoms with van der Waals surface area (Å²) in [6, 6.07) is 13.3. The molecule has 4 rings (SSSR count). The van der Waals surface area contributed by atoms with Gasteiger partial charge in [-0.15, -0.1) is 24.8 Å². The molecule has 28 heavy (non-hydrogen) atoms. The number of hydrogen-bond donors (Lipinski definition) is 1. The first-order chi connectivity index (χ1) is 12.6. The highest BCUT2D eigenvalue weighted by molar-refractivity contribution is 5.85. The molecule has 0 spiro atoms. The Balaban J connectivity index is 0.00000140. The topological polar surface area (TPSA) is 33.1 Å². The highest BCUT2D eigenvalue weighted by Gasteiger charge is 2.27. The molecule has 1 atom stereocenters. The van der Waals surface area contributed by atoms with Crippen molar-refractivity contribution >= 4 is 35.8 Å². The molecule has 1 aliphatic heterocycles. The molecule has 9 heteroatoms. The van der Waals surface area contributed by atoms with Crippen molar-refractivity contribution in [3.8, 4) is 0 Å². The summed E-state index contributed by atoms with van der Waals surface area (Å²) in [6.45, 7) is -0.317. The maximum atomic E-state index is 13.7. The molecule has 1 aliphatic rings. The Bertz CT molecular complexity index is 919. The predicted octanol–water partition coefficient (Wildman–Crippen LogP) is 4.56. The zero-order chi connectivity index (χ0) is 18.1. The molecule has 0 saturated carbocycles. The number of alkyl halides is 2. The van der Waals surface area contributed by atoms with Crippen LogP contribution in [0.2, 0.25) is 0 Å². The number of halogens is 5. The van der Waals surface area contributed by atoms with Gasteiger partial charge >= 0.3 is 6.55 Å². The third kappa shape index (κ3) is 4.43. The van der Waals surface area contributed by atoms with Crippen LogP contribution < -0.4 is 5.32 Å². The SMILES string of the molecule is Cl.Cl.Fc1cccc(C2CNCCN2Cc2nc3ccccc3n2C(F)F)c1. The van der Waals surface area contributed by atoms with E-state index in [-0.39, 0.29) is 43.2 Å². The lowest BCUT2D eigenvalue weighted by Gasteiger charge is -2.36. The molecule has 2 aromatic carbocycles. The van der Waals surface area contributed by atoms with Crippen molar-refractivity contribution < 1.29 is 13.2 Å². The van der Waals surface area contributed by atoms with E-state index in [4.69, 9.17) is 0 Å². The Morgan fingerprint density at radius 1 is 1.11 bits per heavy atom. The van der Waals surface area contributed by atoms with Crippen LogP contribution in [0.4, 0.5) is 13.2 Å². The molecular weight excluding hydrogens is 412 g/mol. The number of rotatable bonds is 4. The normalized spacial score (nSPS) is 17.4. The monoisotopic (exact) mass is 432 g/mol. The van der Waals surface area contributed by atoms with Crippen molar-refractivity contribution in [2.24, 2.45) is 0 Å². The van der Waals surface area contributed by atoms with Gasteiger partial charge in [0.05, 0.1) is 17.6 Å². The fraction of sp³-hybridized carbons (Fsp3) is 0.316. The molecule has 0 bridgehead atoms. The summed E-state index contributed by atoms with van der Waals surface area (Å²) < 4.78 is 41.9. The zero-order valence-electron chi connectivity index (χ0n) is 14.9. The summed E-state index contributed by atoms with van der Waals surface area (Å²) in [5.41, 5.74) is 1.81. The van der Waals surface area contributed by atoms with Crippen molar-refractivity contribution in [3.05, 3.63) is 65.7 Å². The van der Waals surface area contributed by atoms with Crippen LogP contribution >= 0.6 is 24.8 Å². The number of hydrogen-bond acceptors (Lipinski definition) is 3. The minimum Gasteiger partial charge on any atom is -0.314 e. The van der Waals surface area contributed by atoms with Gasteiger partial charge in [-0.2, -0.15) is 8.78 Å². The van der Waals surface area contributed by atoms with Crippen LogP contribution in [0.1, 0.15) is 24.0 Å². The Morgan fingerprint density at radius 2 is 1.89 bits per heavy atom. The van der Waals surface area contributed by atoms with Crippen molar-refractivity contribution in [2.45, 2.75) is 19.1 Å². The van der Waals surface area contributed by atoms with E-state index >= 15 is 0 Å². The van der Waals surface area contributed by atoms with E-state index in [0.29, 0.717) is 29.9 Å². The first kappa shape index (κ1) is 22.5. The van der Waals surface area contributed by atoms with Crippen LogP contribution in [0, 0.1) is 5.82 Å². The van der Waals surface area contributed by atoms with Crippen LogP contribution in [0.25, 0.3) is 11.0 Å². The molecule has 3 aromatic rings. The molecule has 2 heterocycles. The first-order valence-electron chi connectivity index (χ1n) is 8.57. The quantitative estimate of drug-likeness (QED) is 0.655. The van der Waals surface area contributed by atoms with Gasteiger partial charge in [-0.1, -0.05) is 24.3 Å². The van der Waals surface area contributed by atoms with Gasteiger partial charge in [0, 0.05) is 25.7 Å². The van der Waals surface area contributed by atoms with Gasteiger partial charge in [0.1, 0.15) is 11.6 Å². The smallest absolute Gasteiger partial charge is 0.314 e. The van der Waals surface area contributed by atoms with E-state index in [9.17, 15) is 13.2 Å². The number of piperazine rings is 1. The summed E-state index contributed by atoms with van der Waals surface area (Å²) in [5, 5.41) is 3.29. The average Bonchev–Trinajstić information content (AvgIpc) is 3.00. The molecule has 0 amide bonds. The summed E-state index contributed by atoms with van der Waals surface area (Å²) >= 11 is 0. The summed E-state index contributed by atoms with van der Waals surface area (Å²) in [4.78, 5) is 6.50. The molecule has 0 aliphatic carbocycles. The lowest BCUT2D eigenvalue weighted by atomic mass is 10.0. The molecule has 1 saturated heterocycles. The van der Waals surface area contributed by atoms with Gasteiger partial charge in [-0.25, -0.2) is 9.37 Å². The number of imidazole rings is 1. The fourth-order valence-corrected chi connectivity index (χ4v) is 3.58. The summed E-state index contributed by atoms with van der Waals surface area (Å²) in [7, 11) is 0. The van der Waals surface area contributed by atoms with Crippen LogP contribution in [0.3, 0.4) is 0 Å². The number of fused-ring (bicyclic) bond motifs is 1. The Labute approximate surface area is 173 Å². The van der Waals surface area contributed by atoms with Crippen molar-refractivity contribution in [2.75, 3.05) is 19.6 Å². The second-order valence-corrected chi connectivity index (χ2v) is 6.41. The van der Waals surface area contributed by atoms with Crippen LogP contribution in [0.15, 0.2) is 48.5 Å². The minimum absolute atomic E-state index is 0. The number of benzene rings is 2. The van der Waals surface area contributed by atoms with Crippen molar-refractivity contribution in [3.63, 3.8) is 0 Å². The average molecular weight is 433 g/mol. The molecule has 1 N–H and O–H groups in total. The summed E-state index contributed by atoms with van der Waals surface area (Å²) in [6.07, 6.45) is 0. The second-order valence-electron chi connectivity index (χ2n) is 6.41. The Hall–Kier alpha value is -1.80. The molecule has 1 aromatic heterocycles. The molecule has 4 nitrogen and oxygen atoms in total. The minimum atomic E-state index is -2.66. The zero-order valence-corrected chi connectivity index (χ0v) is 16.5. The molecular formula is C19H21Cl2F3N4. The van der Waals surface area contributed by atoms with E-state index in [0.717, 1.165) is 16.7 Å². The second kappa shape index (κ2) is 9.60. The Kier molecular flexibility index (Phi) is 7.71. The molecule has 0 radical (unpaired) electrons. The van der Waals surface area contributed by atoms with Gasteiger partial charge < -0.3 is 5.32 Å². The largest absolute Gasteiger partial charge is 0.320 e. The molecule has 1 unspecified atom stereocenters. The molecule has 152 valence electrons. The molecule has 1 fully saturated rings. The maximum absolute atomic E-state index is 13.7. The standard InChI is InChI=1S/C19H19F3N4.2ClH/c20-14-5-3-4-13(10-14)17-11-23-8-9-25(17)12-18-24-15-6-1-2-7-16(15)26(18)19(21)22;;/h1-7,10,17,19,23H,8-9,11-12H2;2*1H. The third-order valence-corrected chi connectivity index (χ3v) is 4.80. The maximum Gasteiger partial charge on any atom is 0.320 e. The van der Waals surface area contributed by atoms with Gasteiger partial charge in [0.15, 0.2) is 0 Å². The Morgan fingerprint density at radius 3 is 2.64 bits per heavy atom. The number of nitrogens with zero attached hydrogens (tertiary/aromatic N) is 3. The number of nitrogens with one attached hydrogen (secondary N) is 1. The van der Waals surface area contributed by atoms with E-state index < -0.39 is 6.55 Å². The van der Waals surface area contributed by atoms with Crippen LogP contribution in [0.5, 0.6) is 0 Å². The van der Waals surface area contributed by atoms with Gasteiger partial charge in [0.25, 0.3) is 0 Å². The lowest BCUT2D eigenvalue weighted by Crippen LogP contribution is -2.45. The predicted molar refractivity (Wildman–Crippen MR) is 108 cm³/mol. The third-order valence-electron chi connectivity index (χ3n) is 4.80. The lowest BCUT2D eigenvalue weighted by molar-refractivity contribution is 0.0647. The highest BCUT2D eigenvalue weighted by atomic mass is 35.5. The van der Waals surface area contributed by atoms with Gasteiger partial charge in [-0.05, 0) is 29.8 Å². The van der Waals surface area contributed by atoms with E-state index in [1.165, 1.54) is 12.1 Å². The van der Waals surface area contributed by atoms with Crippen molar-refractivity contribution in [1.82, 2.24) is 19.8 Å². The van der Waals surface area contributed by atoms with Crippen molar-refractivity contribution in [1.29, 1.82) is 0 Å². The van der Waals surface area contributed by atoms with Crippen LogP contribution in [-0.2, 0) is 6.54 Å². The highest BCUT2D eigenvalue weighted by Crippen LogP contribution is 2.28. The fourth-order valence-electron chi connectivity index (χ4n) is 3.58. The summed E-state index contributed by atoms with van der Waals surface area (Å²) in [5.74, 6) is 0.0253. The van der Waals surface area contributed by atoms with E-state index in [1.807, 2.05) is 6.07 Å². The van der Waals surface area contributed by atoms with E-state index in [2.05, 4.69) is 15.2 Å². The van der Waals surface area contributed by atoms with Gasteiger partial charge in [-0.3, -0.25) is 9.47 Å². The van der Waals surface area contributed by atoms with Gasteiger partial charge in [0.2, 0.25) is 0 Å². The first-order valence-corrected chi connectivity index (χ1v) is 8.57. The number of para-hydroxylation sites is 2. The van der Waals surface area contributed by atoms with E-state index in [1.54, 1.807) is 30.3 Å².